The average Bonchev–Trinajstić information content (AvgIpc) is 2.72. The molecule has 2 N–H and O–H groups in total. The average molecular weight is 488 g/mol. The number of rotatable bonds is 7. The van der Waals surface area contributed by atoms with E-state index in [1.807, 2.05) is 0 Å². The van der Waals surface area contributed by atoms with Crippen LogP contribution in [0.25, 0.3) is 0 Å². The van der Waals surface area contributed by atoms with Gasteiger partial charge in [-0.15, -0.1) is 0 Å². The van der Waals surface area contributed by atoms with Gasteiger partial charge in [0, 0.05) is 35.0 Å². The second kappa shape index (κ2) is 7.95. The highest BCUT2D eigenvalue weighted by Crippen LogP contribution is 2.69. The Bertz CT molecular complexity index is 1160. The van der Waals surface area contributed by atoms with Gasteiger partial charge in [-0.1, -0.05) is 17.7 Å². The molecule has 0 unspecified atom stereocenters. The first-order valence-electron chi connectivity index (χ1n) is 11.4. The third kappa shape index (κ3) is 4.16. The van der Waals surface area contributed by atoms with Gasteiger partial charge in [-0.3, -0.25) is 9.59 Å². The molecule has 6 nitrogen and oxygen atoms in total. The summed E-state index contributed by atoms with van der Waals surface area (Å²) < 4.78 is 24.9. The molecule has 34 heavy (non-hydrogen) atoms. The van der Waals surface area contributed by atoms with E-state index in [0.717, 1.165) is 19.3 Å². The van der Waals surface area contributed by atoms with Crippen molar-refractivity contribution in [3.05, 3.63) is 58.4 Å². The fraction of sp³-hybridized carbons (Fsp3) is 0.462. The maximum Gasteiger partial charge on any atom is 0.258 e. The summed E-state index contributed by atoms with van der Waals surface area (Å²) >= 11 is 6.05. The lowest BCUT2D eigenvalue weighted by Gasteiger charge is -2.70. The number of hydrogen-bond acceptors (Lipinski definition) is 5. The maximum atomic E-state index is 13.6. The normalized spacial score (nSPS) is 30.8. The summed E-state index contributed by atoms with van der Waals surface area (Å²) in [6.45, 7) is 3.14. The molecule has 6 rings (SSSR count). The van der Waals surface area contributed by atoms with Crippen LogP contribution >= 0.6 is 11.6 Å². The minimum Gasteiger partial charge on any atom is -0.484 e. The lowest BCUT2D eigenvalue weighted by Crippen LogP contribution is -2.75. The number of halogens is 2. The molecule has 180 valence electrons. The summed E-state index contributed by atoms with van der Waals surface area (Å²) in [5, 5.41) is 14.4. The molecule has 2 aromatic rings. The molecule has 8 heteroatoms. The van der Waals surface area contributed by atoms with Gasteiger partial charge in [-0.25, -0.2) is 4.39 Å². The Labute approximate surface area is 202 Å². The fourth-order valence-electron chi connectivity index (χ4n) is 5.82. The lowest BCUT2D eigenvalue weighted by molar-refractivity contribution is -0.176. The number of benzene rings is 2. The number of carbonyl (C=O) groups excluding carboxylic acids is 2. The van der Waals surface area contributed by atoms with Crippen molar-refractivity contribution in [1.82, 2.24) is 5.32 Å². The molecule has 3 fully saturated rings. The van der Waals surface area contributed by atoms with Crippen molar-refractivity contribution in [3.8, 4) is 11.5 Å². The number of hydrogen-bond donors (Lipinski definition) is 2. The Morgan fingerprint density at radius 2 is 1.97 bits per heavy atom. The Kier molecular flexibility index (Phi) is 5.41. The Balaban J connectivity index is 1.12. The fourth-order valence-corrected chi connectivity index (χ4v) is 5.99. The zero-order valence-electron chi connectivity index (χ0n) is 19.1. The molecular weight excluding hydrogens is 461 g/mol. The van der Waals surface area contributed by atoms with Crippen LogP contribution in [-0.2, 0) is 15.2 Å². The predicted octanol–water partition coefficient (Wildman–Crippen LogP) is 4.22. The summed E-state index contributed by atoms with van der Waals surface area (Å²) in [4.78, 5) is 25.4. The van der Waals surface area contributed by atoms with Gasteiger partial charge in [0.25, 0.3) is 5.91 Å². The first-order valence-corrected chi connectivity index (χ1v) is 11.8. The third-order valence-electron chi connectivity index (χ3n) is 7.34. The highest BCUT2D eigenvalue weighted by atomic mass is 35.5. The smallest absolute Gasteiger partial charge is 0.258 e. The second-order valence-corrected chi connectivity index (χ2v) is 10.9. The minimum absolute atomic E-state index is 0.0368. The number of nitrogens with one attached hydrogen (secondary N) is 1. The van der Waals surface area contributed by atoms with Crippen molar-refractivity contribution < 1.29 is 28.6 Å². The van der Waals surface area contributed by atoms with E-state index in [1.165, 1.54) is 6.07 Å². The highest BCUT2D eigenvalue weighted by Gasteiger charge is 2.68. The molecule has 3 aliphatic carbocycles. The van der Waals surface area contributed by atoms with E-state index < -0.39 is 11.7 Å². The van der Waals surface area contributed by atoms with E-state index in [9.17, 15) is 19.1 Å². The molecule has 2 atom stereocenters. The zero-order valence-corrected chi connectivity index (χ0v) is 19.9. The number of amides is 1. The second-order valence-electron chi connectivity index (χ2n) is 10.4. The molecule has 2 aromatic carbocycles. The monoisotopic (exact) mass is 487 g/mol. The van der Waals surface area contributed by atoms with E-state index in [0.29, 0.717) is 34.1 Å². The number of Topliss-reactive ketones (excluding diaryl/α,β-unsaturated/α-hetero) is 1. The number of aliphatic hydroxyl groups is 1. The summed E-state index contributed by atoms with van der Waals surface area (Å²) in [5.74, 6) is 0.117. The van der Waals surface area contributed by atoms with Gasteiger partial charge in [0.2, 0.25) is 0 Å². The molecule has 0 radical (unpaired) electrons. The zero-order chi connectivity index (χ0) is 24.3. The van der Waals surface area contributed by atoms with Crippen molar-refractivity contribution in [2.24, 2.45) is 5.41 Å². The van der Waals surface area contributed by atoms with Crippen LogP contribution in [0.3, 0.4) is 0 Å². The van der Waals surface area contributed by atoms with Crippen molar-refractivity contribution in [2.45, 2.75) is 63.2 Å². The van der Waals surface area contributed by atoms with Crippen LogP contribution in [0.2, 0.25) is 5.02 Å². The lowest BCUT2D eigenvalue weighted by atomic mass is 9.38. The van der Waals surface area contributed by atoms with Crippen molar-refractivity contribution in [3.63, 3.8) is 0 Å². The molecule has 0 aromatic heterocycles. The number of ether oxygens (including phenoxy) is 2. The van der Waals surface area contributed by atoms with Crippen LogP contribution in [-0.4, -0.2) is 35.0 Å². The van der Waals surface area contributed by atoms with E-state index in [-0.39, 0.29) is 41.5 Å². The molecule has 2 bridgehead atoms. The molecule has 3 saturated carbocycles. The van der Waals surface area contributed by atoms with E-state index >= 15 is 0 Å². The topological polar surface area (TPSA) is 84.9 Å². The van der Waals surface area contributed by atoms with Crippen LogP contribution < -0.4 is 14.8 Å². The van der Waals surface area contributed by atoms with E-state index in [4.69, 9.17) is 21.1 Å². The Morgan fingerprint density at radius 3 is 2.68 bits per heavy atom. The molecule has 1 heterocycles. The number of ketones is 1. The molecule has 1 aliphatic heterocycles. The van der Waals surface area contributed by atoms with Crippen molar-refractivity contribution in [1.29, 1.82) is 0 Å². The largest absolute Gasteiger partial charge is 0.484 e. The van der Waals surface area contributed by atoms with E-state index in [2.05, 4.69) is 5.32 Å². The van der Waals surface area contributed by atoms with Crippen LogP contribution in [0.15, 0.2) is 36.4 Å². The summed E-state index contributed by atoms with van der Waals surface area (Å²) in [7, 11) is 0. The molecule has 0 spiro atoms. The summed E-state index contributed by atoms with van der Waals surface area (Å²) in [5.41, 5.74) is -0.510. The number of fused-ring (bicyclic) bond motifs is 1. The molecule has 4 aliphatic rings. The van der Waals surface area contributed by atoms with Crippen LogP contribution in [0.1, 0.15) is 50.2 Å². The Hall–Kier alpha value is -2.64. The summed E-state index contributed by atoms with van der Waals surface area (Å²) in [6, 6.07) is 9.53. The van der Waals surface area contributed by atoms with Gasteiger partial charge in [0.1, 0.15) is 17.3 Å². The third-order valence-corrected chi connectivity index (χ3v) is 7.58. The van der Waals surface area contributed by atoms with Crippen LogP contribution in [0.4, 0.5) is 4.39 Å². The SMILES string of the molecule is Cc1ccc(OCC(=O)NC23CC(CC(=O)[C@@H]4C[C@@](C)(O)c5cc(Cl)ccc5O4)(C2)C3)cc1F. The van der Waals surface area contributed by atoms with Gasteiger partial charge in [0.15, 0.2) is 18.5 Å². The van der Waals surface area contributed by atoms with Gasteiger partial charge >= 0.3 is 0 Å². The van der Waals surface area contributed by atoms with Gasteiger partial charge in [-0.05, 0) is 68.4 Å². The number of aryl methyl sites for hydroxylation is 1. The first kappa shape index (κ1) is 23.1. The summed E-state index contributed by atoms with van der Waals surface area (Å²) in [6.07, 6.45) is 2.00. The maximum absolute atomic E-state index is 13.6. The van der Waals surface area contributed by atoms with Gasteiger partial charge in [-0.2, -0.15) is 0 Å². The molecule has 0 saturated heterocycles. The van der Waals surface area contributed by atoms with E-state index in [1.54, 1.807) is 44.2 Å². The van der Waals surface area contributed by atoms with Crippen molar-refractivity contribution >= 4 is 23.3 Å². The van der Waals surface area contributed by atoms with Crippen LogP contribution in [0.5, 0.6) is 11.5 Å². The Morgan fingerprint density at radius 1 is 1.24 bits per heavy atom. The van der Waals surface area contributed by atoms with Gasteiger partial charge < -0.3 is 19.9 Å². The highest BCUT2D eigenvalue weighted by molar-refractivity contribution is 6.30. The van der Waals surface area contributed by atoms with Crippen molar-refractivity contribution in [2.75, 3.05) is 6.61 Å². The predicted molar refractivity (Wildman–Crippen MR) is 123 cm³/mol. The standard InChI is InChI=1S/C26H27ClFNO5/c1-15-3-5-17(8-19(15)28)33-11-23(31)29-26-12-25(13-26,14-26)9-20(30)22-10-24(2,32)18-7-16(27)4-6-21(18)34-22/h3-8,22,32H,9-14H2,1-2H3,(H,29,31)/t22-,24+,25?,26?/m0/s1. The van der Waals surface area contributed by atoms with Crippen LogP contribution in [0, 0.1) is 18.2 Å². The molecular formula is C26H27ClFNO5. The number of carbonyl (C=O) groups is 2. The van der Waals surface area contributed by atoms with Gasteiger partial charge in [0.05, 0.1) is 5.60 Å². The first-order chi connectivity index (χ1) is 16.0. The minimum atomic E-state index is -1.20. The quantitative estimate of drug-likeness (QED) is 0.610. The molecule has 1 amide bonds.